The van der Waals surface area contributed by atoms with E-state index in [0.29, 0.717) is 18.3 Å². The Kier molecular flexibility index (Phi) is 5.02. The molecule has 5 nitrogen and oxygen atoms in total. The third-order valence-electron chi connectivity index (χ3n) is 6.61. The highest BCUT2D eigenvalue weighted by Gasteiger charge is 2.44. The summed E-state index contributed by atoms with van der Waals surface area (Å²) in [5, 5.41) is 13.1. The molecule has 1 heterocycles. The zero-order valence-electron chi connectivity index (χ0n) is 16.7. The molecule has 5 heteroatoms. The van der Waals surface area contributed by atoms with Gasteiger partial charge in [0, 0.05) is 30.7 Å². The van der Waals surface area contributed by atoms with Gasteiger partial charge in [-0.1, -0.05) is 24.3 Å². The van der Waals surface area contributed by atoms with Gasteiger partial charge >= 0.3 is 6.03 Å². The molecule has 1 aliphatic heterocycles. The number of hydrogen-bond acceptors (Lipinski definition) is 3. The Labute approximate surface area is 167 Å². The predicted octanol–water partition coefficient (Wildman–Crippen LogP) is 3.83. The maximum Gasteiger partial charge on any atom is 0.321 e. The lowest BCUT2D eigenvalue weighted by atomic mass is 9.62. The van der Waals surface area contributed by atoms with Gasteiger partial charge in [-0.2, -0.15) is 0 Å². The molecule has 1 aliphatic carbocycles. The van der Waals surface area contributed by atoms with E-state index in [1.165, 1.54) is 11.1 Å². The summed E-state index contributed by atoms with van der Waals surface area (Å²) in [7, 11) is 4.06. The van der Waals surface area contributed by atoms with Crippen molar-refractivity contribution in [3.05, 3.63) is 59.7 Å². The Bertz CT molecular complexity index is 854. The van der Waals surface area contributed by atoms with Gasteiger partial charge in [-0.05, 0) is 74.7 Å². The van der Waals surface area contributed by atoms with Crippen LogP contribution in [0.5, 0.6) is 5.75 Å². The lowest BCUT2D eigenvalue weighted by Crippen LogP contribution is -2.52. The van der Waals surface area contributed by atoms with E-state index in [1.54, 1.807) is 11.0 Å². The minimum atomic E-state index is -0.0842. The highest BCUT2D eigenvalue weighted by molar-refractivity contribution is 5.89. The summed E-state index contributed by atoms with van der Waals surface area (Å²) in [6, 6.07) is 15.8. The van der Waals surface area contributed by atoms with E-state index < -0.39 is 0 Å². The van der Waals surface area contributed by atoms with Gasteiger partial charge in [0.15, 0.2) is 0 Å². The number of piperidine rings is 1. The number of nitrogens with one attached hydrogen (secondary N) is 1. The van der Waals surface area contributed by atoms with E-state index in [1.807, 2.05) is 43.4 Å². The average Bonchev–Trinajstić information content (AvgIpc) is 2.70. The van der Waals surface area contributed by atoms with Crippen molar-refractivity contribution in [1.29, 1.82) is 0 Å². The van der Waals surface area contributed by atoms with Crippen LogP contribution in [0.25, 0.3) is 0 Å². The highest BCUT2D eigenvalue weighted by Crippen LogP contribution is 2.47. The summed E-state index contributed by atoms with van der Waals surface area (Å²) < 4.78 is 0. The van der Waals surface area contributed by atoms with Gasteiger partial charge in [-0.15, -0.1) is 0 Å². The third-order valence-corrected chi connectivity index (χ3v) is 6.61. The summed E-state index contributed by atoms with van der Waals surface area (Å²) in [6.45, 7) is 1.74. The van der Waals surface area contributed by atoms with Gasteiger partial charge in [0.05, 0.1) is 0 Å². The minimum Gasteiger partial charge on any atom is -0.508 e. The lowest BCUT2D eigenvalue weighted by molar-refractivity contribution is 0.0932. The second-order valence-electron chi connectivity index (χ2n) is 8.38. The summed E-state index contributed by atoms with van der Waals surface area (Å²) in [4.78, 5) is 16.8. The molecule has 2 N–H and O–H groups in total. The first-order valence-corrected chi connectivity index (χ1v) is 10.1. The van der Waals surface area contributed by atoms with E-state index in [-0.39, 0.29) is 11.4 Å². The highest BCUT2D eigenvalue weighted by atomic mass is 16.3. The molecule has 28 heavy (non-hydrogen) atoms. The number of amides is 2. The third kappa shape index (κ3) is 3.59. The quantitative estimate of drug-likeness (QED) is 0.849. The molecule has 2 amide bonds. The Morgan fingerprint density at radius 3 is 2.86 bits per heavy atom. The number of nitrogens with zero attached hydrogens (tertiary/aromatic N) is 2. The van der Waals surface area contributed by atoms with Crippen molar-refractivity contribution >= 4 is 11.7 Å². The summed E-state index contributed by atoms with van der Waals surface area (Å²) in [6.07, 6.45) is 4.10. The number of para-hydroxylation sites is 1. The first-order chi connectivity index (χ1) is 13.5. The average molecular weight is 380 g/mol. The number of phenols is 1. The Hall–Kier alpha value is -2.53. The van der Waals surface area contributed by atoms with E-state index in [2.05, 4.69) is 23.3 Å². The molecular formula is C23H29N3O2. The van der Waals surface area contributed by atoms with Gasteiger partial charge in [-0.3, -0.25) is 0 Å². The molecular weight excluding hydrogens is 350 g/mol. The predicted molar refractivity (Wildman–Crippen MR) is 112 cm³/mol. The van der Waals surface area contributed by atoms with Gasteiger partial charge in [0.25, 0.3) is 0 Å². The van der Waals surface area contributed by atoms with Crippen LogP contribution in [0.3, 0.4) is 0 Å². The standard InChI is InChI=1S/C23H29N3O2/c1-25-12-10-23(16-19(25)14-17-8-9-20(27)15-21(17)23)11-13-26(2)22(28)24-18-6-4-3-5-7-18/h3-9,15,19,27H,10-14,16H2,1-2H3,(H,24,28)/t19?,23-/m0/s1. The summed E-state index contributed by atoms with van der Waals surface area (Å²) >= 11 is 0. The smallest absolute Gasteiger partial charge is 0.321 e. The van der Waals surface area contributed by atoms with Crippen LogP contribution in [0.1, 0.15) is 30.4 Å². The lowest BCUT2D eigenvalue weighted by Gasteiger charge is -2.51. The van der Waals surface area contributed by atoms with E-state index in [0.717, 1.165) is 37.9 Å². The van der Waals surface area contributed by atoms with Gasteiger partial charge < -0.3 is 20.2 Å². The van der Waals surface area contributed by atoms with Crippen molar-refractivity contribution in [3.8, 4) is 5.75 Å². The second-order valence-corrected chi connectivity index (χ2v) is 8.38. The largest absolute Gasteiger partial charge is 0.508 e. The zero-order chi connectivity index (χ0) is 19.7. The number of urea groups is 1. The number of likely N-dealkylation sites (tertiary alicyclic amines) is 1. The number of aromatic hydroxyl groups is 1. The number of hydrogen-bond donors (Lipinski definition) is 2. The first kappa shape index (κ1) is 18.8. The molecule has 0 radical (unpaired) electrons. The molecule has 0 spiro atoms. The fourth-order valence-corrected chi connectivity index (χ4v) is 4.83. The molecule has 4 rings (SSSR count). The van der Waals surface area contributed by atoms with Crippen LogP contribution in [0.4, 0.5) is 10.5 Å². The van der Waals surface area contributed by atoms with E-state index in [4.69, 9.17) is 0 Å². The number of benzene rings is 2. The van der Waals surface area contributed by atoms with Crippen molar-refractivity contribution in [1.82, 2.24) is 9.80 Å². The topological polar surface area (TPSA) is 55.8 Å². The van der Waals surface area contributed by atoms with Gasteiger partial charge in [0.2, 0.25) is 0 Å². The maximum absolute atomic E-state index is 12.6. The molecule has 2 aromatic rings. The summed E-state index contributed by atoms with van der Waals surface area (Å²) in [5.41, 5.74) is 3.47. The molecule has 2 aliphatic rings. The van der Waals surface area contributed by atoms with Crippen molar-refractivity contribution in [3.63, 3.8) is 0 Å². The molecule has 0 aromatic heterocycles. The number of carbonyl (C=O) groups excluding carboxylic acids is 1. The van der Waals surface area contributed by atoms with Crippen LogP contribution in [0, 0.1) is 0 Å². The molecule has 1 unspecified atom stereocenters. The Morgan fingerprint density at radius 1 is 1.29 bits per heavy atom. The fraction of sp³-hybridized carbons (Fsp3) is 0.435. The monoisotopic (exact) mass is 379 g/mol. The number of fused-ring (bicyclic) bond motifs is 4. The molecule has 148 valence electrons. The van der Waals surface area contributed by atoms with Crippen molar-refractivity contribution < 1.29 is 9.90 Å². The normalized spacial score (nSPS) is 23.7. The van der Waals surface area contributed by atoms with Crippen molar-refractivity contribution in [2.75, 3.05) is 32.5 Å². The minimum absolute atomic E-state index is 0.0325. The first-order valence-electron chi connectivity index (χ1n) is 10.1. The Morgan fingerprint density at radius 2 is 2.07 bits per heavy atom. The summed E-state index contributed by atoms with van der Waals surface area (Å²) in [5.74, 6) is 0.339. The molecule has 2 aromatic carbocycles. The van der Waals surface area contributed by atoms with Crippen LogP contribution in [0.15, 0.2) is 48.5 Å². The van der Waals surface area contributed by atoms with Crippen molar-refractivity contribution in [2.24, 2.45) is 0 Å². The zero-order valence-corrected chi connectivity index (χ0v) is 16.7. The molecule has 1 saturated heterocycles. The SMILES string of the molecule is CN(CC[C@]12CCN(C)C(Cc3ccc(O)cc31)C2)C(=O)Nc1ccccc1. The van der Waals surface area contributed by atoms with Gasteiger partial charge in [-0.25, -0.2) is 4.79 Å². The Balaban J connectivity index is 1.50. The van der Waals surface area contributed by atoms with E-state index >= 15 is 0 Å². The molecule has 2 bridgehead atoms. The van der Waals surface area contributed by atoms with Crippen LogP contribution in [0.2, 0.25) is 0 Å². The number of rotatable bonds is 4. The number of anilines is 1. The van der Waals surface area contributed by atoms with Gasteiger partial charge in [0.1, 0.15) is 5.75 Å². The van der Waals surface area contributed by atoms with Crippen LogP contribution in [-0.2, 0) is 11.8 Å². The van der Waals surface area contributed by atoms with Crippen molar-refractivity contribution in [2.45, 2.75) is 37.1 Å². The van der Waals surface area contributed by atoms with E-state index in [9.17, 15) is 9.90 Å². The number of phenolic OH excluding ortho intramolecular Hbond substituents is 1. The number of likely N-dealkylation sites (N-methyl/N-ethyl adjacent to an activating group) is 1. The molecule has 2 atom stereocenters. The maximum atomic E-state index is 12.6. The van der Waals surface area contributed by atoms with Crippen LogP contribution in [-0.4, -0.2) is 54.2 Å². The fourth-order valence-electron chi connectivity index (χ4n) is 4.83. The van der Waals surface area contributed by atoms with Crippen LogP contribution >= 0.6 is 0 Å². The molecule has 1 fully saturated rings. The molecule has 0 saturated carbocycles. The number of carbonyl (C=O) groups is 1. The second kappa shape index (κ2) is 7.47. The van der Waals surface area contributed by atoms with Crippen LogP contribution < -0.4 is 5.32 Å².